The molecular weight excluding hydrogens is 146 g/mol. The Morgan fingerprint density at radius 3 is 2.67 bits per heavy atom. The van der Waals surface area contributed by atoms with Crippen molar-refractivity contribution in [2.24, 2.45) is 5.41 Å². The topological polar surface area (TPSA) is 12.0 Å². The Morgan fingerprint density at radius 2 is 2.25 bits per heavy atom. The van der Waals surface area contributed by atoms with E-state index in [1.54, 1.807) is 0 Å². The largest absolute Gasteiger partial charge is 0.310 e. The minimum Gasteiger partial charge on any atom is -0.310 e. The second-order valence-corrected chi connectivity index (χ2v) is 4.77. The summed E-state index contributed by atoms with van der Waals surface area (Å²) in [7, 11) is 0. The fraction of sp³-hybridized carbons (Fsp3) is 0.818. The zero-order valence-electron chi connectivity index (χ0n) is 8.61. The molecule has 0 amide bonds. The minimum absolute atomic E-state index is 0.495. The number of nitrogens with one attached hydrogen (secondary N) is 1. The SMILES string of the molecule is C=C(C)CNC1CCCC1(C)C. The van der Waals surface area contributed by atoms with Crippen LogP contribution in [0.1, 0.15) is 40.0 Å². The lowest BCUT2D eigenvalue weighted by Gasteiger charge is -2.28. The first-order valence-electron chi connectivity index (χ1n) is 4.90. The summed E-state index contributed by atoms with van der Waals surface area (Å²) in [5, 5.41) is 3.57. The molecule has 0 saturated heterocycles. The van der Waals surface area contributed by atoms with Crippen LogP contribution in [0.4, 0.5) is 0 Å². The molecule has 1 saturated carbocycles. The summed E-state index contributed by atoms with van der Waals surface area (Å²) in [6.45, 7) is 11.7. The lowest BCUT2D eigenvalue weighted by atomic mass is 9.87. The van der Waals surface area contributed by atoms with Gasteiger partial charge in [0, 0.05) is 12.6 Å². The molecule has 1 heteroatoms. The van der Waals surface area contributed by atoms with E-state index in [-0.39, 0.29) is 0 Å². The van der Waals surface area contributed by atoms with E-state index in [2.05, 4.69) is 32.7 Å². The van der Waals surface area contributed by atoms with Gasteiger partial charge in [0.25, 0.3) is 0 Å². The van der Waals surface area contributed by atoms with Crippen molar-refractivity contribution in [3.8, 4) is 0 Å². The smallest absolute Gasteiger partial charge is 0.0161 e. The Balaban J connectivity index is 2.36. The lowest BCUT2D eigenvalue weighted by molar-refractivity contribution is 0.290. The van der Waals surface area contributed by atoms with Gasteiger partial charge in [0.05, 0.1) is 0 Å². The maximum atomic E-state index is 3.90. The summed E-state index contributed by atoms with van der Waals surface area (Å²) in [6, 6.07) is 0.703. The summed E-state index contributed by atoms with van der Waals surface area (Å²) in [4.78, 5) is 0. The fourth-order valence-corrected chi connectivity index (χ4v) is 2.00. The van der Waals surface area contributed by atoms with Crippen LogP contribution < -0.4 is 5.32 Å². The quantitative estimate of drug-likeness (QED) is 0.637. The van der Waals surface area contributed by atoms with Gasteiger partial charge in [-0.3, -0.25) is 0 Å². The Bertz CT molecular complexity index is 170. The zero-order chi connectivity index (χ0) is 9.19. The van der Waals surface area contributed by atoms with Gasteiger partial charge in [-0.2, -0.15) is 0 Å². The third kappa shape index (κ3) is 2.34. The molecule has 70 valence electrons. The number of rotatable bonds is 3. The van der Waals surface area contributed by atoms with Crippen molar-refractivity contribution in [3.05, 3.63) is 12.2 Å². The highest BCUT2D eigenvalue weighted by molar-refractivity contribution is 4.96. The van der Waals surface area contributed by atoms with Crippen molar-refractivity contribution in [2.75, 3.05) is 6.54 Å². The van der Waals surface area contributed by atoms with Crippen molar-refractivity contribution in [1.29, 1.82) is 0 Å². The maximum absolute atomic E-state index is 3.90. The van der Waals surface area contributed by atoms with Gasteiger partial charge in [0.2, 0.25) is 0 Å². The summed E-state index contributed by atoms with van der Waals surface area (Å²) < 4.78 is 0. The Morgan fingerprint density at radius 1 is 1.58 bits per heavy atom. The van der Waals surface area contributed by atoms with Crippen LogP contribution in [0.3, 0.4) is 0 Å². The third-order valence-corrected chi connectivity index (χ3v) is 2.91. The van der Waals surface area contributed by atoms with Crippen LogP contribution in [-0.2, 0) is 0 Å². The van der Waals surface area contributed by atoms with Crippen LogP contribution in [0, 0.1) is 5.41 Å². The van der Waals surface area contributed by atoms with E-state index in [9.17, 15) is 0 Å². The molecule has 0 bridgehead atoms. The van der Waals surface area contributed by atoms with Crippen LogP contribution in [0.2, 0.25) is 0 Å². The van der Waals surface area contributed by atoms with Crippen LogP contribution in [0.25, 0.3) is 0 Å². The monoisotopic (exact) mass is 167 g/mol. The summed E-state index contributed by atoms with van der Waals surface area (Å²) in [5.74, 6) is 0. The highest BCUT2D eigenvalue weighted by Gasteiger charge is 2.33. The minimum atomic E-state index is 0.495. The van der Waals surface area contributed by atoms with Crippen LogP contribution in [0.5, 0.6) is 0 Å². The molecule has 0 heterocycles. The van der Waals surface area contributed by atoms with Crippen molar-refractivity contribution >= 4 is 0 Å². The molecule has 0 spiro atoms. The van der Waals surface area contributed by atoms with Gasteiger partial charge < -0.3 is 5.32 Å². The summed E-state index contributed by atoms with van der Waals surface area (Å²) in [6.07, 6.45) is 4.07. The van der Waals surface area contributed by atoms with E-state index in [4.69, 9.17) is 0 Å². The molecule has 0 radical (unpaired) electrons. The maximum Gasteiger partial charge on any atom is 0.0161 e. The van der Waals surface area contributed by atoms with E-state index < -0.39 is 0 Å². The first-order chi connectivity index (χ1) is 5.52. The van der Waals surface area contributed by atoms with Gasteiger partial charge in [-0.1, -0.05) is 32.4 Å². The molecule has 0 aromatic carbocycles. The molecule has 0 aliphatic heterocycles. The zero-order valence-corrected chi connectivity index (χ0v) is 8.61. The summed E-state index contributed by atoms with van der Waals surface area (Å²) >= 11 is 0. The van der Waals surface area contributed by atoms with E-state index in [1.165, 1.54) is 24.8 Å². The fourth-order valence-electron chi connectivity index (χ4n) is 2.00. The normalized spacial score (nSPS) is 27.4. The number of hydrogen-bond acceptors (Lipinski definition) is 1. The predicted octanol–water partition coefficient (Wildman–Crippen LogP) is 2.73. The van der Waals surface area contributed by atoms with Gasteiger partial charge in [0.15, 0.2) is 0 Å². The van der Waals surface area contributed by atoms with E-state index >= 15 is 0 Å². The second-order valence-electron chi connectivity index (χ2n) is 4.77. The van der Waals surface area contributed by atoms with Gasteiger partial charge in [-0.15, -0.1) is 0 Å². The molecule has 1 unspecified atom stereocenters. The Hall–Kier alpha value is -0.300. The van der Waals surface area contributed by atoms with E-state index in [0.717, 1.165) is 6.54 Å². The third-order valence-electron chi connectivity index (χ3n) is 2.91. The van der Waals surface area contributed by atoms with Gasteiger partial charge in [0.1, 0.15) is 0 Å². The Kier molecular flexibility index (Phi) is 2.94. The predicted molar refractivity (Wildman–Crippen MR) is 54.2 cm³/mol. The Labute approximate surface area is 76.2 Å². The molecular formula is C11H21N. The molecule has 1 fully saturated rings. The molecule has 1 nitrogen and oxygen atoms in total. The molecule has 1 atom stereocenters. The molecule has 1 rings (SSSR count). The highest BCUT2D eigenvalue weighted by Crippen LogP contribution is 2.37. The molecule has 12 heavy (non-hydrogen) atoms. The van der Waals surface area contributed by atoms with Crippen LogP contribution >= 0.6 is 0 Å². The average Bonchev–Trinajstić information content (AvgIpc) is 2.25. The van der Waals surface area contributed by atoms with Crippen LogP contribution in [-0.4, -0.2) is 12.6 Å². The van der Waals surface area contributed by atoms with E-state index in [0.29, 0.717) is 11.5 Å². The second kappa shape index (κ2) is 3.61. The lowest BCUT2D eigenvalue weighted by Crippen LogP contribution is -2.38. The number of hydrogen-bond donors (Lipinski definition) is 1. The molecule has 0 aromatic rings. The van der Waals surface area contributed by atoms with Crippen LogP contribution in [0.15, 0.2) is 12.2 Å². The van der Waals surface area contributed by atoms with Crippen molar-refractivity contribution < 1.29 is 0 Å². The van der Waals surface area contributed by atoms with Gasteiger partial charge in [-0.25, -0.2) is 0 Å². The van der Waals surface area contributed by atoms with Crippen molar-refractivity contribution in [1.82, 2.24) is 5.32 Å². The first-order valence-corrected chi connectivity index (χ1v) is 4.90. The molecule has 0 aromatic heterocycles. The van der Waals surface area contributed by atoms with Crippen molar-refractivity contribution in [2.45, 2.75) is 46.1 Å². The standard InChI is InChI=1S/C11H21N/c1-9(2)8-12-10-6-5-7-11(10,3)4/h10,12H,1,5-8H2,2-4H3. The molecule has 1 aliphatic carbocycles. The van der Waals surface area contributed by atoms with Gasteiger partial charge in [-0.05, 0) is 25.2 Å². The molecule has 1 N–H and O–H groups in total. The molecule has 1 aliphatic rings. The van der Waals surface area contributed by atoms with Gasteiger partial charge >= 0.3 is 0 Å². The highest BCUT2D eigenvalue weighted by atomic mass is 14.9. The first kappa shape index (κ1) is 9.79. The van der Waals surface area contributed by atoms with E-state index in [1.807, 2.05) is 0 Å². The summed E-state index contributed by atoms with van der Waals surface area (Å²) in [5.41, 5.74) is 1.73. The van der Waals surface area contributed by atoms with Crippen molar-refractivity contribution in [3.63, 3.8) is 0 Å². The average molecular weight is 167 g/mol.